The predicted octanol–water partition coefficient (Wildman–Crippen LogP) is -2.11. The monoisotopic (exact) mass is 211 g/mol. The lowest BCUT2D eigenvalue weighted by Gasteiger charge is -2.09. The lowest BCUT2D eigenvalue weighted by Crippen LogP contribution is -2.35. The van der Waals surface area contributed by atoms with Crippen LogP contribution in [0.15, 0.2) is 0 Å². The molecule has 0 saturated heterocycles. The van der Waals surface area contributed by atoms with Gasteiger partial charge in [-0.3, -0.25) is 0 Å². The zero-order chi connectivity index (χ0) is 10.2. The second kappa shape index (κ2) is 7.39. The number of rotatable bonds is 8. The third-order valence-corrected chi connectivity index (χ3v) is 2.09. The van der Waals surface area contributed by atoms with Crippen LogP contribution in [-0.4, -0.2) is 56.2 Å². The summed E-state index contributed by atoms with van der Waals surface area (Å²) in [6, 6.07) is -0.107. The zero-order valence-corrected chi connectivity index (χ0v) is 8.48. The zero-order valence-electron chi connectivity index (χ0n) is 7.48. The van der Waals surface area contributed by atoms with Crippen molar-refractivity contribution >= 4 is 8.80 Å². The van der Waals surface area contributed by atoms with Gasteiger partial charge in [0, 0.05) is 12.6 Å². The minimum atomic E-state index is -3.92. The smallest absolute Gasteiger partial charge is 0.390 e. The molecule has 7 heteroatoms. The molecular weight excluding hydrogens is 194 g/mol. The summed E-state index contributed by atoms with van der Waals surface area (Å²) in [6.07, 6.45) is 0. The number of hydrogen-bond donors (Lipinski definition) is 4. The Morgan fingerprint density at radius 2 is 1.46 bits per heavy atom. The molecule has 0 aliphatic heterocycles. The fourth-order valence-electron chi connectivity index (χ4n) is 0.614. The average Bonchev–Trinajstić information content (AvgIpc) is 2.01. The minimum absolute atomic E-state index is 0.107. The molecule has 0 spiro atoms. The molecule has 0 heterocycles. The maximum atomic E-state index is 8.58. The Hall–Kier alpha value is -0.0231. The summed E-state index contributed by atoms with van der Waals surface area (Å²) in [5.41, 5.74) is 5.17. The van der Waals surface area contributed by atoms with Crippen LogP contribution in [0.1, 0.15) is 0 Å². The third kappa shape index (κ3) is 12.0. The van der Waals surface area contributed by atoms with E-state index in [1.54, 1.807) is 0 Å². The van der Waals surface area contributed by atoms with E-state index in [2.05, 4.69) is 0 Å². The fourth-order valence-corrected chi connectivity index (χ4v) is 1.03. The van der Waals surface area contributed by atoms with E-state index in [-0.39, 0.29) is 12.7 Å². The topological polar surface area (TPSA) is 105 Å². The summed E-state index contributed by atoms with van der Waals surface area (Å²) < 4.78 is 9.93. The molecule has 0 amide bonds. The van der Waals surface area contributed by atoms with E-state index in [0.29, 0.717) is 26.4 Å². The van der Waals surface area contributed by atoms with Crippen LogP contribution in [0.25, 0.3) is 0 Å². The third-order valence-electron chi connectivity index (χ3n) is 1.22. The molecule has 0 rings (SSSR count). The van der Waals surface area contributed by atoms with Gasteiger partial charge in [0.25, 0.3) is 0 Å². The number of nitrogens with two attached hydrogens (primary N) is 1. The van der Waals surface area contributed by atoms with Crippen LogP contribution in [0.3, 0.4) is 0 Å². The van der Waals surface area contributed by atoms with Gasteiger partial charge in [-0.15, -0.1) is 0 Å². The van der Waals surface area contributed by atoms with Crippen molar-refractivity contribution in [2.45, 2.75) is 6.04 Å². The van der Waals surface area contributed by atoms with Gasteiger partial charge in [0.1, 0.15) is 0 Å². The molecule has 0 aromatic carbocycles. The molecule has 0 aromatic heterocycles. The number of hydrogen-bond acceptors (Lipinski definition) is 6. The highest BCUT2D eigenvalue weighted by atomic mass is 28.4. The Balaban J connectivity index is 3.00. The van der Waals surface area contributed by atoms with E-state index in [4.69, 9.17) is 29.6 Å². The van der Waals surface area contributed by atoms with E-state index >= 15 is 0 Å². The molecule has 0 aliphatic carbocycles. The summed E-state index contributed by atoms with van der Waals surface area (Å²) >= 11 is 0. The van der Waals surface area contributed by atoms with Crippen molar-refractivity contribution in [3.8, 4) is 0 Å². The van der Waals surface area contributed by atoms with Gasteiger partial charge in [-0.25, -0.2) is 0 Å². The summed E-state index contributed by atoms with van der Waals surface area (Å²) in [4.78, 5) is 25.7. The summed E-state index contributed by atoms with van der Waals surface area (Å²) in [7, 11) is -3.92. The van der Waals surface area contributed by atoms with Gasteiger partial charge in [-0.2, -0.15) is 0 Å². The highest BCUT2D eigenvalue weighted by Gasteiger charge is 2.25. The van der Waals surface area contributed by atoms with Crippen molar-refractivity contribution in [3.05, 3.63) is 0 Å². The van der Waals surface area contributed by atoms with E-state index in [1.807, 2.05) is 0 Å². The van der Waals surface area contributed by atoms with Crippen LogP contribution in [-0.2, 0) is 9.47 Å². The maximum Gasteiger partial charge on any atom is 0.495 e. The van der Waals surface area contributed by atoms with Gasteiger partial charge in [0.2, 0.25) is 0 Å². The van der Waals surface area contributed by atoms with Crippen molar-refractivity contribution < 1.29 is 23.9 Å². The van der Waals surface area contributed by atoms with Crippen LogP contribution >= 0.6 is 0 Å². The van der Waals surface area contributed by atoms with Crippen LogP contribution in [0.2, 0.25) is 6.04 Å². The molecule has 0 bridgehead atoms. The fraction of sp³-hybridized carbons (Fsp3) is 1.00. The molecule has 0 aromatic rings. The second-order valence-corrected chi connectivity index (χ2v) is 4.59. The molecule has 0 atom stereocenters. The van der Waals surface area contributed by atoms with Crippen LogP contribution < -0.4 is 5.73 Å². The first kappa shape index (κ1) is 13.0. The van der Waals surface area contributed by atoms with Crippen LogP contribution in [0.4, 0.5) is 0 Å². The lowest BCUT2D eigenvalue weighted by atomic mass is 10.7. The first-order valence-electron chi connectivity index (χ1n) is 4.09. The molecule has 80 valence electrons. The standard InChI is InChI=1S/C6H17NO5Si/c7-1-2-11-3-4-12-5-6-13(8,9)10/h8-10H,1-7H2. The van der Waals surface area contributed by atoms with Gasteiger partial charge < -0.3 is 29.6 Å². The summed E-state index contributed by atoms with van der Waals surface area (Å²) in [5.74, 6) is 0. The van der Waals surface area contributed by atoms with E-state index in [1.165, 1.54) is 0 Å². The highest BCUT2D eigenvalue weighted by Crippen LogP contribution is 1.95. The first-order valence-corrected chi connectivity index (χ1v) is 6.14. The van der Waals surface area contributed by atoms with Crippen molar-refractivity contribution in [2.75, 3.05) is 33.0 Å². The van der Waals surface area contributed by atoms with Crippen LogP contribution in [0, 0.1) is 0 Å². The van der Waals surface area contributed by atoms with Gasteiger partial charge in [0.05, 0.1) is 26.4 Å². The maximum absolute atomic E-state index is 8.58. The summed E-state index contributed by atoms with van der Waals surface area (Å²) in [6.45, 7) is 1.88. The Morgan fingerprint density at radius 1 is 0.923 bits per heavy atom. The Morgan fingerprint density at radius 3 is 1.92 bits per heavy atom. The molecular formula is C6H17NO5Si. The first-order chi connectivity index (χ1) is 6.06. The Kier molecular flexibility index (Phi) is 7.37. The number of ether oxygens (including phenoxy) is 2. The van der Waals surface area contributed by atoms with Gasteiger partial charge in [-0.05, 0) is 0 Å². The van der Waals surface area contributed by atoms with Gasteiger partial charge >= 0.3 is 8.80 Å². The highest BCUT2D eigenvalue weighted by molar-refractivity contribution is 6.56. The predicted molar refractivity (Wildman–Crippen MR) is 47.9 cm³/mol. The molecule has 0 saturated carbocycles. The van der Waals surface area contributed by atoms with Gasteiger partial charge in [0.15, 0.2) is 0 Å². The second-order valence-electron chi connectivity index (χ2n) is 2.54. The van der Waals surface area contributed by atoms with Gasteiger partial charge in [-0.1, -0.05) is 0 Å². The molecule has 0 unspecified atom stereocenters. The summed E-state index contributed by atoms with van der Waals surface area (Å²) in [5, 5.41) is 0. The SMILES string of the molecule is NCCOCCOCC[Si](O)(O)O. The van der Waals surface area contributed by atoms with E-state index < -0.39 is 8.80 Å². The molecule has 6 nitrogen and oxygen atoms in total. The van der Waals surface area contributed by atoms with Crippen molar-refractivity contribution in [2.24, 2.45) is 5.73 Å². The lowest BCUT2D eigenvalue weighted by molar-refractivity contribution is 0.0518. The molecule has 0 radical (unpaired) electrons. The quantitative estimate of drug-likeness (QED) is 0.271. The van der Waals surface area contributed by atoms with Crippen molar-refractivity contribution in [1.29, 1.82) is 0 Å². The van der Waals surface area contributed by atoms with E-state index in [0.717, 1.165) is 0 Å². The average molecular weight is 211 g/mol. The minimum Gasteiger partial charge on any atom is -0.390 e. The normalized spacial score (nSPS) is 12.0. The van der Waals surface area contributed by atoms with Crippen molar-refractivity contribution in [3.63, 3.8) is 0 Å². The Labute approximate surface area is 78.3 Å². The van der Waals surface area contributed by atoms with E-state index in [9.17, 15) is 0 Å². The Bertz CT molecular complexity index is 118. The molecule has 5 N–H and O–H groups in total. The largest absolute Gasteiger partial charge is 0.495 e. The molecule has 0 aliphatic rings. The molecule has 0 fully saturated rings. The molecule has 13 heavy (non-hydrogen) atoms. The van der Waals surface area contributed by atoms with Crippen LogP contribution in [0.5, 0.6) is 0 Å². The van der Waals surface area contributed by atoms with Crippen molar-refractivity contribution in [1.82, 2.24) is 0 Å².